The Hall–Kier alpha value is -1.23. The average Bonchev–Trinajstić information content (AvgIpc) is 2.99. The highest BCUT2D eigenvalue weighted by atomic mass is 32.1. The Balaban J connectivity index is 1.49. The third-order valence-corrected chi connectivity index (χ3v) is 5.65. The summed E-state index contributed by atoms with van der Waals surface area (Å²) in [4.78, 5) is 10.9. The second-order valence-electron chi connectivity index (χ2n) is 6.59. The van der Waals surface area contributed by atoms with Crippen LogP contribution >= 0.6 is 11.3 Å². The number of rotatable bonds is 6. The molecule has 1 aromatic heterocycles. The third-order valence-electron chi connectivity index (χ3n) is 4.75. The van der Waals surface area contributed by atoms with E-state index in [1.54, 1.807) is 0 Å². The molecular formula is C19H27N3S. The van der Waals surface area contributed by atoms with Gasteiger partial charge in [-0.05, 0) is 45.3 Å². The van der Waals surface area contributed by atoms with Gasteiger partial charge in [0.15, 0.2) is 0 Å². The van der Waals surface area contributed by atoms with E-state index in [-0.39, 0.29) is 0 Å². The van der Waals surface area contributed by atoms with Crippen molar-refractivity contribution in [2.24, 2.45) is 0 Å². The molecule has 1 saturated heterocycles. The van der Waals surface area contributed by atoms with Gasteiger partial charge < -0.3 is 4.90 Å². The van der Waals surface area contributed by atoms with E-state index in [1.165, 1.54) is 41.4 Å². The number of likely N-dealkylation sites (tertiary alicyclic amines) is 1. The maximum absolute atomic E-state index is 4.38. The third kappa shape index (κ3) is 4.87. The van der Waals surface area contributed by atoms with E-state index in [0.717, 1.165) is 19.5 Å². The van der Waals surface area contributed by atoms with Gasteiger partial charge in [0.2, 0.25) is 0 Å². The molecule has 0 aliphatic carbocycles. The molecule has 1 fully saturated rings. The fourth-order valence-electron chi connectivity index (χ4n) is 3.37. The van der Waals surface area contributed by atoms with Crippen molar-refractivity contribution in [2.45, 2.75) is 38.8 Å². The van der Waals surface area contributed by atoms with Gasteiger partial charge in [-0.3, -0.25) is 4.90 Å². The molecule has 2 aromatic rings. The summed E-state index contributed by atoms with van der Waals surface area (Å²) in [6.45, 7) is 6.70. The summed E-state index contributed by atoms with van der Waals surface area (Å²) in [7, 11) is 2.29. The van der Waals surface area contributed by atoms with E-state index in [0.29, 0.717) is 6.04 Å². The van der Waals surface area contributed by atoms with Crippen molar-refractivity contribution < 1.29 is 0 Å². The molecule has 1 aliphatic heterocycles. The first-order chi connectivity index (χ1) is 11.2. The number of likely N-dealkylation sites (N-methyl/N-ethyl adjacent to an activating group) is 1. The Morgan fingerprint density at radius 2 is 2.13 bits per heavy atom. The van der Waals surface area contributed by atoms with Crippen molar-refractivity contribution in [3.63, 3.8) is 0 Å². The summed E-state index contributed by atoms with van der Waals surface area (Å²) in [5.74, 6) is 0. The Labute approximate surface area is 144 Å². The van der Waals surface area contributed by atoms with Crippen LogP contribution in [0.5, 0.6) is 0 Å². The first-order valence-corrected chi connectivity index (χ1v) is 9.40. The van der Waals surface area contributed by atoms with Crippen LogP contribution < -0.4 is 0 Å². The van der Waals surface area contributed by atoms with Gasteiger partial charge in [-0.2, -0.15) is 0 Å². The topological polar surface area (TPSA) is 19.4 Å². The number of hydrogen-bond acceptors (Lipinski definition) is 4. The van der Waals surface area contributed by atoms with Gasteiger partial charge in [-0.25, -0.2) is 4.98 Å². The molecule has 1 aromatic carbocycles. The number of piperidine rings is 1. The summed E-state index contributed by atoms with van der Waals surface area (Å²) >= 11 is 1.83. The summed E-state index contributed by atoms with van der Waals surface area (Å²) in [5, 5.41) is 1.17. The molecule has 23 heavy (non-hydrogen) atoms. The van der Waals surface area contributed by atoms with E-state index in [4.69, 9.17) is 0 Å². The maximum Gasteiger partial charge on any atom is 0.0897 e. The molecule has 0 saturated carbocycles. The minimum absolute atomic E-state index is 0.682. The molecule has 3 rings (SSSR count). The molecule has 1 aliphatic rings. The Bertz CT molecular complexity index is 596. The fraction of sp³-hybridized carbons (Fsp3) is 0.526. The highest BCUT2D eigenvalue weighted by Crippen LogP contribution is 2.20. The van der Waals surface area contributed by atoms with Crippen molar-refractivity contribution in [1.29, 1.82) is 0 Å². The van der Waals surface area contributed by atoms with Crippen LogP contribution in [0.1, 0.15) is 28.3 Å². The normalized spacial score (nSPS) is 19.3. The molecule has 1 unspecified atom stereocenters. The molecule has 0 N–H and O–H groups in total. The Morgan fingerprint density at radius 3 is 2.87 bits per heavy atom. The number of nitrogens with zero attached hydrogens (tertiary/aromatic N) is 3. The first-order valence-electron chi connectivity index (χ1n) is 8.58. The molecule has 4 heteroatoms. The minimum Gasteiger partial charge on any atom is -0.302 e. The average molecular weight is 330 g/mol. The van der Waals surface area contributed by atoms with Crippen molar-refractivity contribution in [2.75, 3.05) is 26.7 Å². The molecule has 0 amide bonds. The quantitative estimate of drug-likeness (QED) is 0.807. The number of benzene rings is 1. The number of hydrogen-bond donors (Lipinski definition) is 0. The van der Waals surface area contributed by atoms with Gasteiger partial charge in [0.05, 0.1) is 5.01 Å². The van der Waals surface area contributed by atoms with Gasteiger partial charge in [0.25, 0.3) is 0 Å². The second kappa shape index (κ2) is 8.04. The van der Waals surface area contributed by atoms with Crippen molar-refractivity contribution in [3.05, 3.63) is 52.0 Å². The molecule has 0 spiro atoms. The van der Waals surface area contributed by atoms with Crippen LogP contribution in [0.2, 0.25) is 0 Å². The zero-order valence-electron chi connectivity index (χ0n) is 14.2. The zero-order valence-corrected chi connectivity index (χ0v) is 15.1. The smallest absolute Gasteiger partial charge is 0.0897 e. The number of aromatic nitrogens is 1. The lowest BCUT2D eigenvalue weighted by Gasteiger charge is -2.37. The Morgan fingerprint density at radius 1 is 1.30 bits per heavy atom. The molecule has 2 heterocycles. The molecule has 0 bridgehead atoms. The number of aryl methyl sites for hydroxylation is 1. The van der Waals surface area contributed by atoms with Crippen molar-refractivity contribution in [1.82, 2.24) is 14.8 Å². The van der Waals surface area contributed by atoms with Crippen LogP contribution in [-0.2, 0) is 13.0 Å². The lowest BCUT2D eigenvalue weighted by atomic mass is 10.0. The van der Waals surface area contributed by atoms with E-state index >= 15 is 0 Å². The minimum atomic E-state index is 0.682. The predicted molar refractivity (Wildman–Crippen MR) is 97.9 cm³/mol. The van der Waals surface area contributed by atoms with Gasteiger partial charge in [-0.15, -0.1) is 11.3 Å². The lowest BCUT2D eigenvalue weighted by molar-refractivity contribution is 0.113. The summed E-state index contributed by atoms with van der Waals surface area (Å²) in [6.07, 6.45) is 5.81. The Kier molecular flexibility index (Phi) is 5.81. The molecular weight excluding hydrogens is 302 g/mol. The number of thiazole rings is 1. The van der Waals surface area contributed by atoms with E-state index < -0.39 is 0 Å². The van der Waals surface area contributed by atoms with Crippen LogP contribution in [0.25, 0.3) is 0 Å². The van der Waals surface area contributed by atoms with Gasteiger partial charge >= 0.3 is 0 Å². The summed E-state index contributed by atoms with van der Waals surface area (Å²) in [6, 6.07) is 11.5. The summed E-state index contributed by atoms with van der Waals surface area (Å²) < 4.78 is 0. The van der Waals surface area contributed by atoms with Crippen LogP contribution in [0.3, 0.4) is 0 Å². The highest BCUT2D eigenvalue weighted by Gasteiger charge is 2.23. The van der Waals surface area contributed by atoms with E-state index in [9.17, 15) is 0 Å². The van der Waals surface area contributed by atoms with Crippen LogP contribution in [0.4, 0.5) is 0 Å². The summed E-state index contributed by atoms with van der Waals surface area (Å²) in [5.41, 5.74) is 1.44. The van der Waals surface area contributed by atoms with Gasteiger partial charge in [0, 0.05) is 36.8 Å². The van der Waals surface area contributed by atoms with Gasteiger partial charge in [-0.1, -0.05) is 30.3 Å². The standard InChI is InChI=1S/C19H27N3S/c1-16-20-13-19(23-16)15-22-11-6-9-18(14-22)21(2)12-10-17-7-4-3-5-8-17/h3-5,7-8,13,18H,6,9-12,14-15H2,1-2H3. The molecule has 0 radical (unpaired) electrons. The van der Waals surface area contributed by atoms with Crippen LogP contribution in [0.15, 0.2) is 36.5 Å². The first kappa shape index (κ1) is 16.6. The van der Waals surface area contributed by atoms with Gasteiger partial charge in [0.1, 0.15) is 0 Å². The largest absolute Gasteiger partial charge is 0.302 e. The predicted octanol–water partition coefficient (Wildman–Crippen LogP) is 3.59. The molecule has 1 atom stereocenters. The lowest BCUT2D eigenvalue weighted by Crippen LogP contribution is -2.46. The van der Waals surface area contributed by atoms with E-state index in [1.807, 2.05) is 17.5 Å². The van der Waals surface area contributed by atoms with Crippen LogP contribution in [0, 0.1) is 6.92 Å². The van der Waals surface area contributed by atoms with Crippen molar-refractivity contribution in [3.8, 4) is 0 Å². The highest BCUT2D eigenvalue weighted by molar-refractivity contribution is 7.11. The van der Waals surface area contributed by atoms with Crippen molar-refractivity contribution >= 4 is 11.3 Å². The van der Waals surface area contributed by atoms with Crippen LogP contribution in [-0.4, -0.2) is 47.5 Å². The molecule has 124 valence electrons. The monoisotopic (exact) mass is 329 g/mol. The molecule has 3 nitrogen and oxygen atoms in total. The van der Waals surface area contributed by atoms with E-state index in [2.05, 4.69) is 59.1 Å². The second-order valence-corrected chi connectivity index (χ2v) is 7.91. The SMILES string of the molecule is Cc1ncc(CN2CCCC(N(C)CCc3ccccc3)C2)s1. The maximum atomic E-state index is 4.38. The fourth-order valence-corrected chi connectivity index (χ4v) is 4.20. The zero-order chi connectivity index (χ0) is 16.1.